The fourth-order valence-electron chi connectivity index (χ4n) is 3.02. The number of ketones is 2. The summed E-state index contributed by atoms with van der Waals surface area (Å²) in [6.45, 7) is 17.8. The molecule has 0 aliphatic heterocycles. The molecule has 0 saturated carbocycles. The molecule has 4 N–H and O–H groups in total. The van der Waals surface area contributed by atoms with Crippen molar-refractivity contribution >= 4 is 25.8 Å². The SMILES string of the molecule is CB(O)O.CB(O)O.[CH2-]C.[CH2-]CC(=O)c1cc[n+](Cc2ccccc2)cc1.[CH2-]CC(C)=O.[Y+3].c1ccc(C[n+]2ccccc2)cc1. The predicted octanol–water partition coefficient (Wildman–Crippen LogP) is 4.27. The van der Waals surface area contributed by atoms with E-state index >= 15 is 0 Å². The second kappa shape index (κ2) is 32.1. The Kier molecular flexibility index (Phi) is 33.2. The summed E-state index contributed by atoms with van der Waals surface area (Å²) >= 11 is 0. The molecule has 2 aromatic heterocycles. The second-order valence-electron chi connectivity index (χ2n) is 9.17. The van der Waals surface area contributed by atoms with Crippen molar-refractivity contribution in [2.24, 2.45) is 0 Å². The smallest absolute Gasteiger partial charge is 0.427 e. The minimum atomic E-state index is -1.17. The van der Waals surface area contributed by atoms with E-state index in [2.05, 4.69) is 78.7 Å². The fourth-order valence-corrected chi connectivity index (χ4v) is 3.02. The number of nitrogens with zero attached hydrogens (tertiary/aromatic N) is 2. The quantitative estimate of drug-likeness (QED) is 0.0988. The molecule has 0 amide bonds. The van der Waals surface area contributed by atoms with Gasteiger partial charge in [0.15, 0.2) is 37.9 Å². The van der Waals surface area contributed by atoms with Crippen molar-refractivity contribution in [3.05, 3.63) is 153 Å². The van der Waals surface area contributed by atoms with Gasteiger partial charge in [0.1, 0.15) is 5.78 Å². The molecular formula is C35H49B2N2O6Y+2. The maximum atomic E-state index is 11.4. The number of rotatable bonds is 7. The average molecular weight is 704 g/mol. The summed E-state index contributed by atoms with van der Waals surface area (Å²) in [7, 11) is -2.33. The van der Waals surface area contributed by atoms with E-state index in [0.717, 1.165) is 18.7 Å². The van der Waals surface area contributed by atoms with Crippen LogP contribution in [0.15, 0.2) is 116 Å². The molecule has 242 valence electrons. The van der Waals surface area contributed by atoms with Crippen molar-refractivity contribution in [1.29, 1.82) is 0 Å². The molecule has 4 aromatic rings. The van der Waals surface area contributed by atoms with E-state index in [4.69, 9.17) is 20.1 Å². The van der Waals surface area contributed by atoms with E-state index < -0.39 is 14.2 Å². The molecule has 0 unspecified atom stereocenters. The zero-order valence-electron chi connectivity index (χ0n) is 27.7. The molecule has 11 heteroatoms. The molecular weight excluding hydrogens is 655 g/mol. The van der Waals surface area contributed by atoms with Crippen molar-refractivity contribution in [2.45, 2.75) is 53.4 Å². The Morgan fingerprint density at radius 3 is 1.22 bits per heavy atom. The van der Waals surface area contributed by atoms with Crippen molar-refractivity contribution in [2.75, 3.05) is 0 Å². The molecule has 0 spiro atoms. The molecule has 0 fully saturated rings. The van der Waals surface area contributed by atoms with Gasteiger partial charge in [-0.15, -0.1) is 12.8 Å². The van der Waals surface area contributed by atoms with Crippen LogP contribution in [0.25, 0.3) is 0 Å². The van der Waals surface area contributed by atoms with Crippen LogP contribution in [0.2, 0.25) is 13.6 Å². The van der Waals surface area contributed by atoms with Crippen LogP contribution in [0.4, 0.5) is 0 Å². The van der Waals surface area contributed by atoms with E-state index in [1.807, 2.05) is 67.0 Å². The number of hydrogen-bond donors (Lipinski definition) is 4. The normalized spacial score (nSPS) is 8.67. The molecule has 0 aliphatic rings. The minimum absolute atomic E-state index is 0. The topological polar surface area (TPSA) is 123 Å². The number of Topliss-reactive ketones (excluding diaryl/α,β-unsaturated/α-hetero) is 2. The van der Waals surface area contributed by atoms with Crippen molar-refractivity contribution in [3.8, 4) is 0 Å². The van der Waals surface area contributed by atoms with Crippen LogP contribution < -0.4 is 9.13 Å². The summed E-state index contributed by atoms with van der Waals surface area (Å²) in [5.74, 6) is 0.224. The summed E-state index contributed by atoms with van der Waals surface area (Å²) < 4.78 is 4.21. The molecule has 0 radical (unpaired) electrons. The molecule has 4 rings (SSSR count). The van der Waals surface area contributed by atoms with Crippen LogP contribution in [-0.2, 0) is 50.6 Å². The summed E-state index contributed by atoms with van der Waals surface area (Å²) in [6, 6.07) is 30.5. The van der Waals surface area contributed by atoms with Gasteiger partial charge in [0.25, 0.3) is 0 Å². The Bertz CT molecular complexity index is 1200. The van der Waals surface area contributed by atoms with Gasteiger partial charge < -0.3 is 45.7 Å². The second-order valence-corrected chi connectivity index (χ2v) is 9.17. The minimum Gasteiger partial charge on any atom is -0.427 e. The van der Waals surface area contributed by atoms with Gasteiger partial charge in [-0.3, -0.25) is 4.79 Å². The van der Waals surface area contributed by atoms with E-state index in [1.54, 1.807) is 6.92 Å². The number of hydrogen-bond acceptors (Lipinski definition) is 6. The Hall–Kier alpha value is -2.85. The van der Waals surface area contributed by atoms with Crippen LogP contribution in [0.5, 0.6) is 0 Å². The molecule has 2 heterocycles. The standard InChI is InChI=1S/C15H15NO.C12H12N.C4H7O.C2H5.2CH5BO2.Y/c1-2-15(17)14-8-10-16(11-9-14)12-13-6-4-3-5-7-13;1-3-7-12(8-4-1)11-13-9-5-2-6-10-13;1-3-4(2)5;1-2;2*1-2(3)4;/h3-11H,1-2,12H2;1-10H,11H2;1,3H2,2H3;1H2,2H3;2*3-4H,1H3;/q;+1;2*-1;;;+3. The van der Waals surface area contributed by atoms with Gasteiger partial charge in [0.05, 0.1) is 5.78 Å². The molecule has 0 aliphatic carbocycles. The largest absolute Gasteiger partial charge is 3.00 e. The number of carbonyl (C=O) groups is 2. The van der Waals surface area contributed by atoms with Crippen molar-refractivity contribution < 1.29 is 71.5 Å². The zero-order chi connectivity index (χ0) is 34.5. The Morgan fingerprint density at radius 2 is 0.913 bits per heavy atom. The van der Waals surface area contributed by atoms with Gasteiger partial charge in [-0.05, 0) is 20.6 Å². The van der Waals surface area contributed by atoms with Crippen LogP contribution >= 0.6 is 0 Å². The monoisotopic (exact) mass is 704 g/mol. The predicted molar refractivity (Wildman–Crippen MR) is 182 cm³/mol. The fraction of sp³-hybridized carbons (Fsp3) is 0.229. The molecule has 2 aromatic carbocycles. The summed E-state index contributed by atoms with van der Waals surface area (Å²) in [4.78, 5) is 21.2. The van der Waals surface area contributed by atoms with Gasteiger partial charge in [-0.2, -0.15) is 6.92 Å². The maximum absolute atomic E-state index is 11.4. The summed E-state index contributed by atoms with van der Waals surface area (Å²) in [6.07, 6.45) is 8.73. The van der Waals surface area contributed by atoms with Gasteiger partial charge >= 0.3 is 46.9 Å². The van der Waals surface area contributed by atoms with Crippen molar-refractivity contribution in [3.63, 3.8) is 0 Å². The molecule has 46 heavy (non-hydrogen) atoms. The average Bonchev–Trinajstić information content (AvgIpc) is 3.03. The maximum Gasteiger partial charge on any atom is 3.00 e. The van der Waals surface area contributed by atoms with E-state index in [-0.39, 0.29) is 44.3 Å². The van der Waals surface area contributed by atoms with E-state index in [0.29, 0.717) is 12.8 Å². The first-order chi connectivity index (χ1) is 21.5. The third-order valence-electron chi connectivity index (χ3n) is 4.99. The van der Waals surface area contributed by atoms with Crippen LogP contribution in [0.1, 0.15) is 48.2 Å². The van der Waals surface area contributed by atoms with Crippen LogP contribution in [0, 0.1) is 20.8 Å². The Labute approximate surface area is 302 Å². The number of benzene rings is 2. The third-order valence-corrected chi connectivity index (χ3v) is 4.99. The van der Waals surface area contributed by atoms with Crippen LogP contribution in [0.3, 0.4) is 0 Å². The molecule has 8 nitrogen and oxygen atoms in total. The Morgan fingerprint density at radius 1 is 0.609 bits per heavy atom. The first-order valence-electron chi connectivity index (χ1n) is 14.5. The molecule has 0 atom stereocenters. The number of aromatic nitrogens is 2. The Balaban J connectivity index is -0.000000562. The van der Waals surface area contributed by atoms with Gasteiger partial charge in [-0.25, -0.2) is 9.13 Å². The van der Waals surface area contributed by atoms with Crippen LogP contribution in [-0.4, -0.2) is 45.9 Å². The van der Waals surface area contributed by atoms with Gasteiger partial charge in [0.2, 0.25) is 0 Å². The number of carbonyl (C=O) groups excluding carboxylic acids is 2. The van der Waals surface area contributed by atoms with Gasteiger partial charge in [-0.1, -0.05) is 66.7 Å². The molecule has 0 bridgehead atoms. The van der Waals surface area contributed by atoms with E-state index in [9.17, 15) is 9.59 Å². The first-order valence-corrected chi connectivity index (χ1v) is 14.5. The first kappa shape index (κ1) is 47.6. The zero-order valence-corrected chi connectivity index (χ0v) is 30.5. The van der Waals surface area contributed by atoms with Gasteiger partial charge in [0, 0.05) is 41.0 Å². The van der Waals surface area contributed by atoms with E-state index in [1.165, 1.54) is 31.7 Å². The summed E-state index contributed by atoms with van der Waals surface area (Å²) in [5, 5.41) is 30.4. The third kappa shape index (κ3) is 29.8. The molecule has 0 saturated heterocycles. The van der Waals surface area contributed by atoms with Crippen molar-refractivity contribution in [1.82, 2.24) is 0 Å². The number of pyridine rings is 2. The summed E-state index contributed by atoms with van der Waals surface area (Å²) in [5.41, 5.74) is 3.30.